The van der Waals surface area contributed by atoms with Gasteiger partial charge in [-0.2, -0.15) is 0 Å². The molecule has 0 spiro atoms. The molecule has 1 heterocycles. The lowest BCUT2D eigenvalue weighted by Crippen LogP contribution is -2.37. The van der Waals surface area contributed by atoms with E-state index in [0.717, 1.165) is 43.1 Å². The lowest BCUT2D eigenvalue weighted by molar-refractivity contribution is -0.121. The number of amides is 1. The van der Waals surface area contributed by atoms with Crippen molar-refractivity contribution in [3.8, 4) is 0 Å². The zero-order valence-electron chi connectivity index (χ0n) is 16.0. The smallest absolute Gasteiger partial charge is 0.338 e. The molecule has 0 aromatic heterocycles. The summed E-state index contributed by atoms with van der Waals surface area (Å²) in [7, 11) is 0. The molecule has 0 aliphatic carbocycles. The third-order valence-corrected chi connectivity index (χ3v) is 5.32. The summed E-state index contributed by atoms with van der Waals surface area (Å²) < 4.78 is 5.01. The number of rotatable bonds is 6. The highest BCUT2D eigenvalue weighted by atomic mass is 35.5. The Hall–Kier alpha value is -2.37. The summed E-state index contributed by atoms with van der Waals surface area (Å²) in [6.45, 7) is 4.60. The van der Waals surface area contributed by atoms with Crippen molar-refractivity contribution >= 4 is 29.2 Å². The van der Waals surface area contributed by atoms with E-state index in [1.165, 1.54) is 0 Å². The fourth-order valence-electron chi connectivity index (χ4n) is 3.40. The number of halogens is 1. The Morgan fingerprint density at radius 3 is 2.61 bits per heavy atom. The van der Waals surface area contributed by atoms with Crippen LogP contribution in [0, 0.1) is 5.92 Å². The lowest BCUT2D eigenvalue weighted by atomic mass is 9.95. The van der Waals surface area contributed by atoms with Crippen LogP contribution in [0.25, 0.3) is 0 Å². The number of nitrogens with one attached hydrogen (secondary N) is 1. The van der Waals surface area contributed by atoms with Crippen LogP contribution in [0.5, 0.6) is 0 Å². The van der Waals surface area contributed by atoms with Gasteiger partial charge in [0.05, 0.1) is 12.2 Å². The summed E-state index contributed by atoms with van der Waals surface area (Å²) in [6, 6.07) is 14.7. The molecule has 5 nitrogen and oxygen atoms in total. The minimum atomic E-state index is -0.383. The van der Waals surface area contributed by atoms with E-state index < -0.39 is 0 Å². The number of benzene rings is 2. The third-order valence-electron chi connectivity index (χ3n) is 4.95. The molecule has 2 aromatic carbocycles. The molecule has 1 aliphatic heterocycles. The number of carbonyl (C=O) groups is 2. The van der Waals surface area contributed by atoms with E-state index in [1.807, 2.05) is 24.3 Å². The zero-order chi connectivity index (χ0) is 19.9. The van der Waals surface area contributed by atoms with Crippen LogP contribution in [0.1, 0.15) is 35.7 Å². The first-order chi connectivity index (χ1) is 13.6. The van der Waals surface area contributed by atoms with E-state index in [9.17, 15) is 9.59 Å². The molecule has 148 valence electrons. The molecule has 0 atom stereocenters. The van der Waals surface area contributed by atoms with Crippen molar-refractivity contribution in [3.05, 3.63) is 64.7 Å². The van der Waals surface area contributed by atoms with Crippen LogP contribution in [-0.4, -0.2) is 36.5 Å². The number of nitrogens with zero attached hydrogens (tertiary/aromatic N) is 1. The van der Waals surface area contributed by atoms with E-state index in [0.29, 0.717) is 17.9 Å². The van der Waals surface area contributed by atoms with Crippen LogP contribution in [0.2, 0.25) is 5.02 Å². The Labute approximate surface area is 170 Å². The molecule has 0 radical (unpaired) electrons. The number of ether oxygens (including phenoxy) is 1. The SMILES string of the molecule is CCOC(=O)c1cccc(NC(=O)C2CCN(Cc3ccccc3Cl)CC2)c1. The maximum Gasteiger partial charge on any atom is 0.338 e. The molecule has 6 heteroatoms. The Morgan fingerprint density at radius 1 is 1.14 bits per heavy atom. The van der Waals surface area contributed by atoms with Gasteiger partial charge in [0.15, 0.2) is 0 Å². The highest BCUT2D eigenvalue weighted by Gasteiger charge is 2.25. The largest absolute Gasteiger partial charge is 0.462 e. The highest BCUT2D eigenvalue weighted by Crippen LogP contribution is 2.23. The first-order valence-corrected chi connectivity index (χ1v) is 9.98. The summed E-state index contributed by atoms with van der Waals surface area (Å²) in [6.07, 6.45) is 1.60. The summed E-state index contributed by atoms with van der Waals surface area (Å²) in [5.74, 6) is -0.418. The van der Waals surface area contributed by atoms with Gasteiger partial charge in [-0.05, 0) is 62.7 Å². The van der Waals surface area contributed by atoms with Gasteiger partial charge in [0, 0.05) is 23.2 Å². The van der Waals surface area contributed by atoms with Crippen molar-refractivity contribution in [1.29, 1.82) is 0 Å². The van der Waals surface area contributed by atoms with Crippen LogP contribution in [0.3, 0.4) is 0 Å². The Bertz CT molecular complexity index is 832. The zero-order valence-corrected chi connectivity index (χ0v) is 16.7. The van der Waals surface area contributed by atoms with Crippen molar-refractivity contribution in [2.24, 2.45) is 5.92 Å². The van der Waals surface area contributed by atoms with Crippen molar-refractivity contribution in [1.82, 2.24) is 4.90 Å². The van der Waals surface area contributed by atoms with Crippen molar-refractivity contribution in [2.75, 3.05) is 25.0 Å². The molecule has 1 saturated heterocycles. The van der Waals surface area contributed by atoms with E-state index in [1.54, 1.807) is 31.2 Å². The van der Waals surface area contributed by atoms with Gasteiger partial charge in [0.25, 0.3) is 0 Å². The standard InChI is InChI=1S/C22H25ClN2O3/c1-2-28-22(27)17-7-5-8-19(14-17)24-21(26)16-10-12-25(13-11-16)15-18-6-3-4-9-20(18)23/h3-9,14,16H,2,10-13,15H2,1H3,(H,24,26). The average Bonchev–Trinajstić information content (AvgIpc) is 2.70. The Balaban J connectivity index is 1.52. The number of hydrogen-bond donors (Lipinski definition) is 1. The summed E-state index contributed by atoms with van der Waals surface area (Å²) in [5.41, 5.74) is 2.17. The first-order valence-electron chi connectivity index (χ1n) is 9.60. The van der Waals surface area contributed by atoms with Crippen LogP contribution < -0.4 is 5.32 Å². The topological polar surface area (TPSA) is 58.6 Å². The van der Waals surface area contributed by atoms with Gasteiger partial charge in [-0.1, -0.05) is 35.9 Å². The van der Waals surface area contributed by atoms with E-state index >= 15 is 0 Å². The molecule has 1 amide bonds. The quantitative estimate of drug-likeness (QED) is 0.731. The maximum atomic E-state index is 12.6. The average molecular weight is 401 g/mol. The number of likely N-dealkylation sites (tertiary alicyclic amines) is 1. The van der Waals surface area contributed by atoms with Gasteiger partial charge in [-0.25, -0.2) is 4.79 Å². The number of esters is 1. The number of hydrogen-bond acceptors (Lipinski definition) is 4. The second-order valence-corrected chi connectivity index (χ2v) is 7.34. The molecule has 28 heavy (non-hydrogen) atoms. The van der Waals surface area contributed by atoms with Crippen molar-refractivity contribution in [2.45, 2.75) is 26.3 Å². The molecule has 2 aromatic rings. The van der Waals surface area contributed by atoms with Gasteiger partial charge in [0.1, 0.15) is 0 Å². The summed E-state index contributed by atoms with van der Waals surface area (Å²) >= 11 is 6.24. The second kappa shape index (κ2) is 9.71. The minimum absolute atomic E-state index is 0.00148. The molecule has 0 unspecified atom stereocenters. The third kappa shape index (κ3) is 5.33. The molecule has 3 rings (SSSR count). The summed E-state index contributed by atoms with van der Waals surface area (Å²) in [4.78, 5) is 26.8. The molecule has 1 aliphatic rings. The van der Waals surface area contributed by atoms with E-state index in [-0.39, 0.29) is 17.8 Å². The number of piperidine rings is 1. The van der Waals surface area contributed by atoms with Gasteiger partial charge in [0.2, 0.25) is 5.91 Å². The Kier molecular flexibility index (Phi) is 7.06. The van der Waals surface area contributed by atoms with Crippen LogP contribution in [0.15, 0.2) is 48.5 Å². The van der Waals surface area contributed by atoms with E-state index in [4.69, 9.17) is 16.3 Å². The van der Waals surface area contributed by atoms with Crippen molar-refractivity contribution in [3.63, 3.8) is 0 Å². The van der Waals surface area contributed by atoms with Gasteiger partial charge < -0.3 is 10.1 Å². The monoisotopic (exact) mass is 400 g/mol. The number of carbonyl (C=O) groups excluding carboxylic acids is 2. The molecular formula is C22H25ClN2O3. The first kappa shape index (κ1) is 20.4. The van der Waals surface area contributed by atoms with Gasteiger partial charge in [-0.15, -0.1) is 0 Å². The summed E-state index contributed by atoms with van der Waals surface area (Å²) in [5, 5.41) is 3.72. The highest BCUT2D eigenvalue weighted by molar-refractivity contribution is 6.31. The normalized spacial score (nSPS) is 15.2. The maximum absolute atomic E-state index is 12.6. The lowest BCUT2D eigenvalue weighted by Gasteiger charge is -2.31. The van der Waals surface area contributed by atoms with Crippen molar-refractivity contribution < 1.29 is 14.3 Å². The number of anilines is 1. The molecule has 1 fully saturated rings. The minimum Gasteiger partial charge on any atom is -0.462 e. The van der Waals surface area contributed by atoms with Gasteiger partial charge in [-0.3, -0.25) is 9.69 Å². The van der Waals surface area contributed by atoms with Crippen LogP contribution >= 0.6 is 11.6 Å². The second-order valence-electron chi connectivity index (χ2n) is 6.93. The molecule has 1 N–H and O–H groups in total. The molecule has 0 saturated carbocycles. The predicted molar refractivity (Wildman–Crippen MR) is 110 cm³/mol. The molecule has 0 bridgehead atoms. The van der Waals surface area contributed by atoms with Crippen LogP contribution in [-0.2, 0) is 16.1 Å². The molecular weight excluding hydrogens is 376 g/mol. The fourth-order valence-corrected chi connectivity index (χ4v) is 3.60. The van der Waals surface area contributed by atoms with Crippen LogP contribution in [0.4, 0.5) is 5.69 Å². The van der Waals surface area contributed by atoms with E-state index in [2.05, 4.69) is 10.2 Å². The predicted octanol–water partition coefficient (Wildman–Crippen LogP) is 4.37. The Morgan fingerprint density at radius 2 is 1.89 bits per heavy atom. The van der Waals surface area contributed by atoms with Gasteiger partial charge >= 0.3 is 5.97 Å². The fraction of sp³-hybridized carbons (Fsp3) is 0.364.